The Morgan fingerprint density at radius 1 is 1.47 bits per heavy atom. The molecule has 0 bridgehead atoms. The van der Waals surface area contributed by atoms with Crippen molar-refractivity contribution in [2.75, 3.05) is 7.11 Å². The van der Waals surface area contributed by atoms with Crippen molar-refractivity contribution in [1.29, 1.82) is 0 Å². The first-order valence-electron chi connectivity index (χ1n) is 6.25. The fourth-order valence-corrected chi connectivity index (χ4v) is 2.35. The molecule has 1 fully saturated rings. The normalized spacial score (nSPS) is 16.9. The lowest BCUT2D eigenvalue weighted by molar-refractivity contribution is 0.404. The zero-order valence-electron chi connectivity index (χ0n) is 10.5. The monoisotopic (exact) mass is 253 g/mol. The summed E-state index contributed by atoms with van der Waals surface area (Å²) in [6, 6.07) is 6.32. The van der Waals surface area contributed by atoms with E-state index in [1.165, 1.54) is 19.3 Å². The van der Waals surface area contributed by atoms with Crippen molar-refractivity contribution in [3.8, 4) is 5.75 Å². The highest BCUT2D eigenvalue weighted by atomic mass is 35.5. The van der Waals surface area contributed by atoms with Gasteiger partial charge in [-0.05, 0) is 31.4 Å². The van der Waals surface area contributed by atoms with E-state index in [1.54, 1.807) is 7.11 Å². The Morgan fingerprint density at radius 3 is 2.88 bits per heavy atom. The molecule has 1 aromatic rings. The molecule has 0 spiro atoms. The van der Waals surface area contributed by atoms with Crippen LogP contribution in [-0.4, -0.2) is 13.2 Å². The zero-order valence-corrected chi connectivity index (χ0v) is 11.3. The molecule has 0 aliphatic heterocycles. The van der Waals surface area contributed by atoms with Crippen molar-refractivity contribution >= 4 is 11.6 Å². The maximum absolute atomic E-state index is 6.19. The fourth-order valence-electron chi connectivity index (χ4n) is 2.11. The Kier molecular flexibility index (Phi) is 4.30. The smallest absolute Gasteiger partial charge is 0.124 e. The number of hydrogen-bond acceptors (Lipinski definition) is 2. The number of hydrogen-bond donors (Lipinski definition) is 1. The number of nitrogens with one attached hydrogen (secondary N) is 1. The summed E-state index contributed by atoms with van der Waals surface area (Å²) < 4.78 is 5.33. The summed E-state index contributed by atoms with van der Waals surface area (Å²) in [7, 11) is 1.68. The van der Waals surface area contributed by atoms with Gasteiger partial charge in [-0.25, -0.2) is 0 Å². The molecule has 0 heterocycles. The highest BCUT2D eigenvalue weighted by Gasteiger charge is 2.23. The zero-order chi connectivity index (χ0) is 12.3. The van der Waals surface area contributed by atoms with E-state index < -0.39 is 0 Å². The van der Waals surface area contributed by atoms with Crippen molar-refractivity contribution in [2.24, 2.45) is 5.92 Å². The molecule has 1 aliphatic rings. The molecule has 2 rings (SSSR count). The van der Waals surface area contributed by atoms with Gasteiger partial charge in [0.25, 0.3) is 0 Å². The second-order valence-corrected chi connectivity index (χ2v) is 5.29. The van der Waals surface area contributed by atoms with Gasteiger partial charge in [-0.15, -0.1) is 0 Å². The topological polar surface area (TPSA) is 21.3 Å². The molecule has 0 amide bonds. The molecule has 0 saturated heterocycles. The lowest BCUT2D eigenvalue weighted by Gasteiger charge is -2.16. The van der Waals surface area contributed by atoms with Crippen LogP contribution in [0.5, 0.6) is 5.75 Å². The Bertz CT molecular complexity index is 376. The molecule has 1 saturated carbocycles. The molecule has 3 heteroatoms. The summed E-state index contributed by atoms with van der Waals surface area (Å²) >= 11 is 6.19. The molecule has 1 aromatic carbocycles. The maximum atomic E-state index is 6.19. The fraction of sp³-hybridized carbons (Fsp3) is 0.571. The largest absolute Gasteiger partial charge is 0.496 e. The number of rotatable bonds is 6. The van der Waals surface area contributed by atoms with Gasteiger partial charge in [0, 0.05) is 23.2 Å². The van der Waals surface area contributed by atoms with Gasteiger partial charge in [0.1, 0.15) is 5.75 Å². The molecule has 1 unspecified atom stereocenters. The first kappa shape index (κ1) is 12.7. The second-order valence-electron chi connectivity index (χ2n) is 4.88. The van der Waals surface area contributed by atoms with Gasteiger partial charge < -0.3 is 10.1 Å². The van der Waals surface area contributed by atoms with E-state index in [1.807, 2.05) is 18.2 Å². The number of benzene rings is 1. The first-order valence-corrected chi connectivity index (χ1v) is 6.63. The van der Waals surface area contributed by atoms with Crippen molar-refractivity contribution < 1.29 is 4.74 Å². The average molecular weight is 254 g/mol. The van der Waals surface area contributed by atoms with Gasteiger partial charge in [0.05, 0.1) is 7.11 Å². The molecule has 17 heavy (non-hydrogen) atoms. The summed E-state index contributed by atoms with van der Waals surface area (Å²) in [6.07, 6.45) is 4.08. The molecule has 2 nitrogen and oxygen atoms in total. The molecule has 1 aliphatic carbocycles. The van der Waals surface area contributed by atoms with Crippen LogP contribution in [-0.2, 0) is 6.54 Å². The van der Waals surface area contributed by atoms with Crippen molar-refractivity contribution in [1.82, 2.24) is 5.32 Å². The molecule has 0 radical (unpaired) electrons. The van der Waals surface area contributed by atoms with Crippen LogP contribution in [0.4, 0.5) is 0 Å². The van der Waals surface area contributed by atoms with E-state index in [0.29, 0.717) is 6.04 Å². The van der Waals surface area contributed by atoms with Gasteiger partial charge in [0.15, 0.2) is 0 Å². The van der Waals surface area contributed by atoms with Gasteiger partial charge in [-0.2, -0.15) is 0 Å². The van der Waals surface area contributed by atoms with Crippen LogP contribution in [0.25, 0.3) is 0 Å². The molecule has 0 aromatic heterocycles. The standard InChI is InChI=1S/C14H20ClNO/c1-10(8-11-6-7-11)16-9-12-13(15)4-3-5-14(12)17-2/h3-5,10-11,16H,6-9H2,1-2H3. The predicted molar refractivity (Wildman–Crippen MR) is 71.6 cm³/mol. The van der Waals surface area contributed by atoms with Crippen molar-refractivity contribution in [3.63, 3.8) is 0 Å². The summed E-state index contributed by atoms with van der Waals surface area (Å²) in [5.74, 6) is 1.81. The third-order valence-corrected chi connectivity index (χ3v) is 3.66. The minimum atomic E-state index is 0.545. The predicted octanol–water partition coefficient (Wildman–Crippen LogP) is 3.63. The lowest BCUT2D eigenvalue weighted by atomic mass is 10.1. The van der Waals surface area contributed by atoms with Crippen LogP contribution in [0.1, 0.15) is 31.7 Å². The van der Waals surface area contributed by atoms with Crippen LogP contribution in [0.2, 0.25) is 5.02 Å². The summed E-state index contributed by atoms with van der Waals surface area (Å²) in [5.41, 5.74) is 1.05. The molecule has 1 N–H and O–H groups in total. The molecule has 1 atom stereocenters. The highest BCUT2D eigenvalue weighted by molar-refractivity contribution is 6.31. The quantitative estimate of drug-likeness (QED) is 0.836. The Balaban J connectivity index is 1.92. The minimum absolute atomic E-state index is 0.545. The van der Waals surface area contributed by atoms with Gasteiger partial charge in [-0.3, -0.25) is 0 Å². The van der Waals surface area contributed by atoms with Crippen LogP contribution < -0.4 is 10.1 Å². The van der Waals surface area contributed by atoms with E-state index in [4.69, 9.17) is 16.3 Å². The lowest BCUT2D eigenvalue weighted by Crippen LogP contribution is -2.26. The molecule has 94 valence electrons. The van der Waals surface area contributed by atoms with Crippen LogP contribution in [0, 0.1) is 5.92 Å². The highest BCUT2D eigenvalue weighted by Crippen LogP contribution is 2.33. The SMILES string of the molecule is COc1cccc(Cl)c1CNC(C)CC1CC1. The number of halogens is 1. The minimum Gasteiger partial charge on any atom is -0.496 e. The number of ether oxygens (including phenoxy) is 1. The van der Waals surface area contributed by atoms with E-state index in [-0.39, 0.29) is 0 Å². The van der Waals surface area contributed by atoms with Crippen molar-refractivity contribution in [2.45, 2.75) is 38.8 Å². The van der Waals surface area contributed by atoms with E-state index in [2.05, 4.69) is 12.2 Å². The van der Waals surface area contributed by atoms with Crippen LogP contribution >= 0.6 is 11.6 Å². The average Bonchev–Trinajstić information content (AvgIpc) is 3.11. The van der Waals surface area contributed by atoms with E-state index in [9.17, 15) is 0 Å². The number of methoxy groups -OCH3 is 1. The summed E-state index contributed by atoms with van der Waals surface area (Å²) in [6.45, 7) is 3.01. The third kappa shape index (κ3) is 3.62. The molecular formula is C14H20ClNO. The molecular weight excluding hydrogens is 234 g/mol. The Hall–Kier alpha value is -0.730. The first-order chi connectivity index (χ1) is 8.20. The van der Waals surface area contributed by atoms with Crippen LogP contribution in [0.15, 0.2) is 18.2 Å². The maximum Gasteiger partial charge on any atom is 0.124 e. The Labute approximate surface area is 108 Å². The van der Waals surface area contributed by atoms with Gasteiger partial charge in [0.2, 0.25) is 0 Å². The third-order valence-electron chi connectivity index (χ3n) is 3.31. The van der Waals surface area contributed by atoms with Gasteiger partial charge in [-0.1, -0.05) is 30.5 Å². The summed E-state index contributed by atoms with van der Waals surface area (Å²) in [5, 5.41) is 4.29. The van der Waals surface area contributed by atoms with Crippen molar-refractivity contribution in [3.05, 3.63) is 28.8 Å². The summed E-state index contributed by atoms with van der Waals surface area (Å²) in [4.78, 5) is 0. The van der Waals surface area contributed by atoms with E-state index in [0.717, 1.165) is 28.8 Å². The van der Waals surface area contributed by atoms with Crippen LogP contribution in [0.3, 0.4) is 0 Å². The van der Waals surface area contributed by atoms with E-state index >= 15 is 0 Å². The second kappa shape index (κ2) is 5.74. The Morgan fingerprint density at radius 2 is 2.24 bits per heavy atom. The van der Waals surface area contributed by atoms with Gasteiger partial charge >= 0.3 is 0 Å².